The van der Waals surface area contributed by atoms with Crippen molar-refractivity contribution in [2.45, 2.75) is 64.8 Å². The normalized spacial score (nSPS) is 43.4. The van der Waals surface area contributed by atoms with Gasteiger partial charge in [0.15, 0.2) is 0 Å². The number of hydrogen-bond acceptors (Lipinski definition) is 2. The van der Waals surface area contributed by atoms with Crippen LogP contribution in [0.25, 0.3) is 0 Å². The third kappa shape index (κ3) is 2.92. The number of fused-ring (bicyclic) bond motifs is 2. The monoisotopic (exact) mass is 278 g/mol. The molecular weight excluding hydrogens is 244 g/mol. The quantitative estimate of drug-likeness (QED) is 0.852. The van der Waals surface area contributed by atoms with Crippen molar-refractivity contribution in [3.05, 3.63) is 0 Å². The fraction of sp³-hybridized carbons (Fsp3) is 1.00. The SMILES string of the molecule is CN(CC1CC2CCC1C2)CC1CCCC(C)(C)C1N. The van der Waals surface area contributed by atoms with Crippen LogP contribution in [-0.4, -0.2) is 31.1 Å². The third-order valence-electron chi connectivity index (χ3n) is 6.78. The first kappa shape index (κ1) is 14.8. The Hall–Kier alpha value is -0.0800. The highest BCUT2D eigenvalue weighted by atomic mass is 15.1. The minimum absolute atomic E-state index is 0.343. The largest absolute Gasteiger partial charge is 0.327 e. The highest BCUT2D eigenvalue weighted by Gasteiger charge is 2.40. The fourth-order valence-corrected chi connectivity index (χ4v) is 5.48. The predicted molar refractivity (Wildman–Crippen MR) is 85.5 cm³/mol. The molecule has 3 aliphatic carbocycles. The Balaban J connectivity index is 1.50. The van der Waals surface area contributed by atoms with Gasteiger partial charge in [0.25, 0.3) is 0 Å². The van der Waals surface area contributed by atoms with Crippen LogP contribution >= 0.6 is 0 Å². The Bertz CT molecular complexity index is 338. The topological polar surface area (TPSA) is 29.3 Å². The van der Waals surface area contributed by atoms with Gasteiger partial charge in [0.1, 0.15) is 0 Å². The van der Waals surface area contributed by atoms with Crippen molar-refractivity contribution in [3.63, 3.8) is 0 Å². The first-order chi connectivity index (χ1) is 9.45. The van der Waals surface area contributed by atoms with E-state index >= 15 is 0 Å². The molecule has 0 saturated heterocycles. The van der Waals surface area contributed by atoms with Crippen molar-refractivity contribution in [1.29, 1.82) is 0 Å². The predicted octanol–water partition coefficient (Wildman–Crippen LogP) is 3.51. The molecule has 2 N–H and O–H groups in total. The van der Waals surface area contributed by atoms with E-state index in [1.165, 1.54) is 58.0 Å². The summed E-state index contributed by atoms with van der Waals surface area (Å²) >= 11 is 0. The zero-order valence-corrected chi connectivity index (χ0v) is 13.8. The molecule has 0 aromatic rings. The highest BCUT2D eigenvalue weighted by Crippen LogP contribution is 2.48. The van der Waals surface area contributed by atoms with Gasteiger partial charge in [-0.1, -0.05) is 26.7 Å². The standard InChI is InChI=1S/C18H34N2/c1-18(2)8-4-5-15(17(18)19)11-20(3)12-16-10-13-6-7-14(16)9-13/h13-17H,4-12,19H2,1-3H3. The maximum absolute atomic E-state index is 6.55. The Morgan fingerprint density at radius 1 is 1.05 bits per heavy atom. The first-order valence-corrected chi connectivity index (χ1v) is 8.90. The van der Waals surface area contributed by atoms with E-state index in [0.29, 0.717) is 17.4 Å². The second-order valence-corrected chi connectivity index (χ2v) is 8.82. The van der Waals surface area contributed by atoms with Gasteiger partial charge in [0, 0.05) is 19.1 Å². The Morgan fingerprint density at radius 2 is 1.80 bits per heavy atom. The van der Waals surface area contributed by atoms with E-state index < -0.39 is 0 Å². The number of nitrogens with two attached hydrogens (primary N) is 1. The van der Waals surface area contributed by atoms with Crippen molar-refractivity contribution >= 4 is 0 Å². The molecule has 5 atom stereocenters. The molecule has 0 aromatic heterocycles. The Morgan fingerprint density at radius 3 is 2.45 bits per heavy atom. The van der Waals surface area contributed by atoms with E-state index in [9.17, 15) is 0 Å². The van der Waals surface area contributed by atoms with Gasteiger partial charge in [-0.2, -0.15) is 0 Å². The summed E-state index contributed by atoms with van der Waals surface area (Å²) in [7, 11) is 2.33. The number of rotatable bonds is 4. The molecule has 0 heterocycles. The molecule has 20 heavy (non-hydrogen) atoms. The van der Waals surface area contributed by atoms with E-state index in [0.717, 1.165) is 17.8 Å². The van der Waals surface area contributed by atoms with Gasteiger partial charge < -0.3 is 10.6 Å². The molecule has 2 heteroatoms. The van der Waals surface area contributed by atoms with Gasteiger partial charge in [0.2, 0.25) is 0 Å². The van der Waals surface area contributed by atoms with Crippen LogP contribution in [0, 0.1) is 29.1 Å². The third-order valence-corrected chi connectivity index (χ3v) is 6.78. The maximum Gasteiger partial charge on any atom is 0.0131 e. The lowest BCUT2D eigenvalue weighted by molar-refractivity contribution is 0.101. The fourth-order valence-electron chi connectivity index (χ4n) is 5.48. The minimum Gasteiger partial charge on any atom is -0.327 e. The van der Waals surface area contributed by atoms with Crippen molar-refractivity contribution in [3.8, 4) is 0 Å². The average Bonchev–Trinajstić information content (AvgIpc) is 2.97. The average molecular weight is 278 g/mol. The van der Waals surface area contributed by atoms with Gasteiger partial charge in [-0.3, -0.25) is 0 Å². The summed E-state index contributed by atoms with van der Waals surface area (Å²) in [4.78, 5) is 2.61. The Labute approximate surface area is 125 Å². The molecule has 0 aromatic carbocycles. The lowest BCUT2D eigenvalue weighted by Crippen LogP contribution is -2.50. The molecule has 2 bridgehead atoms. The summed E-state index contributed by atoms with van der Waals surface area (Å²) < 4.78 is 0. The zero-order chi connectivity index (χ0) is 14.3. The van der Waals surface area contributed by atoms with E-state index in [-0.39, 0.29) is 0 Å². The summed E-state index contributed by atoms with van der Waals surface area (Å²) in [6.07, 6.45) is 10.1. The summed E-state index contributed by atoms with van der Waals surface area (Å²) in [5.41, 5.74) is 6.89. The lowest BCUT2D eigenvalue weighted by atomic mass is 9.68. The molecule has 3 rings (SSSR count). The first-order valence-electron chi connectivity index (χ1n) is 8.90. The molecule has 0 amide bonds. The van der Waals surface area contributed by atoms with Gasteiger partial charge >= 0.3 is 0 Å². The van der Waals surface area contributed by atoms with Gasteiger partial charge in [-0.25, -0.2) is 0 Å². The molecule has 0 radical (unpaired) electrons. The molecule has 3 saturated carbocycles. The maximum atomic E-state index is 6.55. The summed E-state index contributed by atoms with van der Waals surface area (Å²) in [6, 6.07) is 0.388. The van der Waals surface area contributed by atoms with Crippen LogP contribution in [0.15, 0.2) is 0 Å². The van der Waals surface area contributed by atoms with Gasteiger partial charge in [-0.15, -0.1) is 0 Å². The lowest BCUT2D eigenvalue weighted by Gasteiger charge is -2.43. The molecule has 3 aliphatic rings. The van der Waals surface area contributed by atoms with Crippen LogP contribution in [0.4, 0.5) is 0 Å². The van der Waals surface area contributed by atoms with E-state index in [2.05, 4.69) is 25.8 Å². The highest BCUT2D eigenvalue weighted by molar-refractivity contribution is 4.94. The van der Waals surface area contributed by atoms with Crippen LogP contribution in [0.3, 0.4) is 0 Å². The smallest absolute Gasteiger partial charge is 0.0131 e. The van der Waals surface area contributed by atoms with Crippen LogP contribution in [-0.2, 0) is 0 Å². The van der Waals surface area contributed by atoms with Crippen LogP contribution in [0.1, 0.15) is 58.8 Å². The van der Waals surface area contributed by atoms with Gasteiger partial charge in [-0.05, 0) is 68.2 Å². The molecular formula is C18H34N2. The van der Waals surface area contributed by atoms with Crippen molar-refractivity contribution in [1.82, 2.24) is 4.90 Å². The summed E-state index contributed by atoms with van der Waals surface area (Å²) in [5, 5.41) is 0. The van der Waals surface area contributed by atoms with E-state index in [1.54, 1.807) is 0 Å². The zero-order valence-electron chi connectivity index (χ0n) is 13.8. The van der Waals surface area contributed by atoms with E-state index in [1.807, 2.05) is 0 Å². The second-order valence-electron chi connectivity index (χ2n) is 8.82. The summed E-state index contributed by atoms with van der Waals surface area (Å²) in [5.74, 6) is 3.84. The van der Waals surface area contributed by atoms with E-state index in [4.69, 9.17) is 5.73 Å². The summed E-state index contributed by atoms with van der Waals surface area (Å²) in [6.45, 7) is 7.27. The number of hydrogen-bond donors (Lipinski definition) is 1. The van der Waals surface area contributed by atoms with Crippen molar-refractivity contribution in [2.75, 3.05) is 20.1 Å². The molecule has 2 nitrogen and oxygen atoms in total. The minimum atomic E-state index is 0.343. The molecule has 0 spiro atoms. The van der Waals surface area contributed by atoms with Crippen molar-refractivity contribution in [2.24, 2.45) is 34.8 Å². The second kappa shape index (κ2) is 5.61. The van der Waals surface area contributed by atoms with Gasteiger partial charge in [0.05, 0.1) is 0 Å². The molecule has 5 unspecified atom stereocenters. The van der Waals surface area contributed by atoms with Crippen LogP contribution in [0.2, 0.25) is 0 Å². The van der Waals surface area contributed by atoms with Crippen molar-refractivity contribution < 1.29 is 0 Å². The van der Waals surface area contributed by atoms with Crippen LogP contribution in [0.5, 0.6) is 0 Å². The molecule has 0 aliphatic heterocycles. The Kier molecular flexibility index (Phi) is 4.16. The number of nitrogens with zero attached hydrogens (tertiary/aromatic N) is 1. The molecule has 116 valence electrons. The van der Waals surface area contributed by atoms with Crippen LogP contribution < -0.4 is 5.73 Å². The molecule has 3 fully saturated rings.